The van der Waals surface area contributed by atoms with Gasteiger partial charge < -0.3 is 4.74 Å². The summed E-state index contributed by atoms with van der Waals surface area (Å²) in [5.41, 5.74) is 0.475. The van der Waals surface area contributed by atoms with E-state index >= 15 is 0 Å². The molecule has 0 fully saturated rings. The van der Waals surface area contributed by atoms with Crippen LogP contribution in [0.4, 0.5) is 13.2 Å². The van der Waals surface area contributed by atoms with Crippen LogP contribution in [-0.2, 0) is 6.18 Å². The molecule has 4 aromatic rings. The van der Waals surface area contributed by atoms with Crippen LogP contribution < -0.4 is 4.74 Å². The van der Waals surface area contributed by atoms with Crippen LogP contribution in [0.3, 0.4) is 0 Å². The van der Waals surface area contributed by atoms with Crippen LogP contribution in [0.5, 0.6) is 5.75 Å². The molecule has 3 aromatic heterocycles. The minimum Gasteiger partial charge on any atom is -0.497 e. The lowest BCUT2D eigenvalue weighted by Crippen LogP contribution is -2.13. The molecule has 1 aromatic carbocycles. The van der Waals surface area contributed by atoms with Gasteiger partial charge in [0.2, 0.25) is 0 Å². The van der Waals surface area contributed by atoms with E-state index in [0.717, 1.165) is 15.5 Å². The Hall–Kier alpha value is -2.87. The first-order valence-corrected chi connectivity index (χ1v) is 8.50. The van der Waals surface area contributed by atoms with E-state index in [2.05, 4.69) is 10.1 Å². The van der Waals surface area contributed by atoms with Crippen LogP contribution >= 0.6 is 11.3 Å². The topological polar surface area (TPSA) is 39.4 Å². The van der Waals surface area contributed by atoms with Gasteiger partial charge in [0.15, 0.2) is 11.3 Å². The van der Waals surface area contributed by atoms with Gasteiger partial charge in [0.05, 0.1) is 17.7 Å². The Kier molecular flexibility index (Phi) is 3.91. The molecule has 0 atom stereocenters. The predicted octanol–water partition coefficient (Wildman–Crippen LogP) is 5.15. The fraction of sp³-hybridized carbons (Fsp3) is 0.111. The van der Waals surface area contributed by atoms with Gasteiger partial charge in [-0.15, -0.1) is 11.3 Å². The highest BCUT2D eigenvalue weighted by molar-refractivity contribution is 7.13. The van der Waals surface area contributed by atoms with Crippen molar-refractivity contribution >= 4 is 17.0 Å². The van der Waals surface area contributed by atoms with Crippen molar-refractivity contribution in [3.8, 4) is 27.6 Å². The number of thiophene rings is 1. The molecule has 0 saturated carbocycles. The molecular weight excluding hydrogens is 363 g/mol. The molecule has 0 aliphatic rings. The largest absolute Gasteiger partial charge is 0.497 e. The number of rotatable bonds is 3. The molecule has 0 radical (unpaired) electrons. The van der Waals surface area contributed by atoms with Gasteiger partial charge in [-0.25, -0.2) is 9.50 Å². The first-order chi connectivity index (χ1) is 12.5. The quantitative estimate of drug-likeness (QED) is 0.497. The minimum atomic E-state index is -4.56. The van der Waals surface area contributed by atoms with E-state index in [0.29, 0.717) is 17.0 Å². The Morgan fingerprint density at radius 1 is 1.04 bits per heavy atom. The van der Waals surface area contributed by atoms with Gasteiger partial charge in [0.25, 0.3) is 0 Å². The second-order valence-corrected chi connectivity index (χ2v) is 6.48. The fourth-order valence-electron chi connectivity index (χ4n) is 2.65. The number of benzene rings is 1. The summed E-state index contributed by atoms with van der Waals surface area (Å²) in [6.45, 7) is 0. The standard InChI is InChI=1S/C18H12F3N3OS/c1-25-12-5-2-4-11(8-12)13-9-16(18(19,20)21)24-17(22-13)10-14(23-24)15-6-3-7-26-15/h2-10H,1H3. The highest BCUT2D eigenvalue weighted by Gasteiger charge is 2.35. The highest BCUT2D eigenvalue weighted by atomic mass is 32.1. The van der Waals surface area contributed by atoms with Crippen molar-refractivity contribution in [3.05, 3.63) is 59.6 Å². The number of methoxy groups -OCH3 is 1. The van der Waals surface area contributed by atoms with Crippen LogP contribution in [0.2, 0.25) is 0 Å². The number of ether oxygens (including phenoxy) is 1. The lowest BCUT2D eigenvalue weighted by atomic mass is 10.1. The van der Waals surface area contributed by atoms with Gasteiger partial charge >= 0.3 is 6.18 Å². The summed E-state index contributed by atoms with van der Waals surface area (Å²) in [4.78, 5) is 5.16. The maximum absolute atomic E-state index is 13.6. The first-order valence-electron chi connectivity index (χ1n) is 7.62. The van der Waals surface area contributed by atoms with Crippen molar-refractivity contribution in [1.82, 2.24) is 14.6 Å². The average Bonchev–Trinajstić information content (AvgIpc) is 3.29. The monoisotopic (exact) mass is 375 g/mol. The molecule has 0 N–H and O–H groups in total. The summed E-state index contributed by atoms with van der Waals surface area (Å²) in [5.74, 6) is 0.547. The van der Waals surface area contributed by atoms with Gasteiger partial charge in [0, 0.05) is 11.6 Å². The van der Waals surface area contributed by atoms with Crippen LogP contribution in [-0.4, -0.2) is 21.7 Å². The van der Waals surface area contributed by atoms with Crippen molar-refractivity contribution in [1.29, 1.82) is 0 Å². The summed E-state index contributed by atoms with van der Waals surface area (Å²) in [5, 5.41) is 5.96. The number of nitrogens with zero attached hydrogens (tertiary/aromatic N) is 3. The molecule has 26 heavy (non-hydrogen) atoms. The maximum atomic E-state index is 13.6. The van der Waals surface area contributed by atoms with Crippen LogP contribution in [0.15, 0.2) is 53.9 Å². The fourth-order valence-corrected chi connectivity index (χ4v) is 3.33. The van der Waals surface area contributed by atoms with Gasteiger partial charge in [-0.3, -0.25) is 0 Å². The third-order valence-corrected chi connectivity index (χ3v) is 4.75. The molecule has 8 heteroatoms. The van der Waals surface area contributed by atoms with Crippen molar-refractivity contribution in [2.75, 3.05) is 7.11 Å². The van der Waals surface area contributed by atoms with E-state index in [9.17, 15) is 13.2 Å². The molecule has 132 valence electrons. The molecule has 4 nitrogen and oxygen atoms in total. The zero-order chi connectivity index (χ0) is 18.3. The zero-order valence-electron chi connectivity index (χ0n) is 13.5. The van der Waals surface area contributed by atoms with Crippen molar-refractivity contribution < 1.29 is 17.9 Å². The number of halogens is 3. The normalized spacial score (nSPS) is 11.8. The van der Waals surface area contributed by atoms with Crippen LogP contribution in [0, 0.1) is 0 Å². The van der Waals surface area contributed by atoms with E-state index < -0.39 is 11.9 Å². The molecule has 0 saturated heterocycles. The summed E-state index contributed by atoms with van der Waals surface area (Å²) in [6.07, 6.45) is -4.56. The maximum Gasteiger partial charge on any atom is 0.433 e. The van der Waals surface area contributed by atoms with Gasteiger partial charge in [-0.1, -0.05) is 18.2 Å². The second-order valence-electron chi connectivity index (χ2n) is 5.53. The molecule has 4 rings (SSSR count). The predicted molar refractivity (Wildman–Crippen MR) is 93.3 cm³/mol. The number of alkyl halides is 3. The lowest BCUT2D eigenvalue weighted by molar-refractivity contribution is -0.142. The van der Waals surface area contributed by atoms with Gasteiger partial charge in [-0.05, 0) is 29.6 Å². The molecular formula is C18H12F3N3OS. The smallest absolute Gasteiger partial charge is 0.433 e. The summed E-state index contributed by atoms with van der Waals surface area (Å²) < 4.78 is 46.8. The molecule has 0 spiro atoms. The minimum absolute atomic E-state index is 0.140. The molecule has 3 heterocycles. The zero-order valence-corrected chi connectivity index (χ0v) is 14.3. The van der Waals surface area contributed by atoms with E-state index in [1.54, 1.807) is 30.3 Å². The number of hydrogen-bond acceptors (Lipinski definition) is 4. The molecule has 0 unspecified atom stereocenters. The summed E-state index contributed by atoms with van der Waals surface area (Å²) in [6, 6.07) is 13.0. The Bertz CT molecular complexity index is 1070. The molecule has 0 amide bonds. The third kappa shape index (κ3) is 2.92. The van der Waals surface area contributed by atoms with E-state index in [4.69, 9.17) is 4.74 Å². The average molecular weight is 375 g/mol. The Morgan fingerprint density at radius 2 is 1.88 bits per heavy atom. The lowest BCUT2D eigenvalue weighted by Gasteiger charge is -2.11. The first kappa shape index (κ1) is 16.6. The Balaban J connectivity index is 1.95. The van der Waals surface area contributed by atoms with E-state index in [-0.39, 0.29) is 11.3 Å². The number of hydrogen-bond donors (Lipinski definition) is 0. The third-order valence-electron chi connectivity index (χ3n) is 3.86. The molecule has 0 aliphatic heterocycles. The van der Waals surface area contributed by atoms with Crippen LogP contribution in [0.25, 0.3) is 27.5 Å². The van der Waals surface area contributed by atoms with Crippen molar-refractivity contribution in [2.45, 2.75) is 6.18 Å². The SMILES string of the molecule is COc1cccc(-c2cc(C(F)(F)F)n3nc(-c4cccs4)cc3n2)c1. The Labute approximate surface area is 150 Å². The summed E-state index contributed by atoms with van der Waals surface area (Å²) >= 11 is 1.41. The summed E-state index contributed by atoms with van der Waals surface area (Å²) in [7, 11) is 1.50. The number of fused-ring (bicyclic) bond motifs is 1. The Morgan fingerprint density at radius 3 is 2.58 bits per heavy atom. The highest BCUT2D eigenvalue weighted by Crippen LogP contribution is 2.34. The van der Waals surface area contributed by atoms with E-state index in [1.807, 2.05) is 17.5 Å². The van der Waals surface area contributed by atoms with Gasteiger partial charge in [0.1, 0.15) is 11.4 Å². The van der Waals surface area contributed by atoms with E-state index in [1.165, 1.54) is 18.4 Å². The van der Waals surface area contributed by atoms with Crippen molar-refractivity contribution in [2.24, 2.45) is 0 Å². The number of aromatic nitrogens is 3. The molecule has 0 aliphatic carbocycles. The van der Waals surface area contributed by atoms with Crippen LogP contribution in [0.1, 0.15) is 5.69 Å². The van der Waals surface area contributed by atoms with Crippen molar-refractivity contribution in [3.63, 3.8) is 0 Å². The molecule has 0 bridgehead atoms. The van der Waals surface area contributed by atoms with Gasteiger partial charge in [-0.2, -0.15) is 18.3 Å². The second kappa shape index (κ2) is 6.14.